The SMILES string of the molecule is CCN(CC(=O)NCC1CC1)C(C)(C)CN. The van der Waals surface area contributed by atoms with E-state index >= 15 is 0 Å². The zero-order valence-electron chi connectivity index (χ0n) is 10.8. The molecule has 0 saturated heterocycles. The lowest BCUT2D eigenvalue weighted by atomic mass is 10.0. The van der Waals surface area contributed by atoms with E-state index in [-0.39, 0.29) is 11.4 Å². The van der Waals surface area contributed by atoms with Gasteiger partial charge in [0, 0.05) is 18.6 Å². The predicted octanol–water partition coefficient (Wildman–Crippen LogP) is 0.572. The Morgan fingerprint density at radius 3 is 2.56 bits per heavy atom. The van der Waals surface area contributed by atoms with E-state index in [1.54, 1.807) is 0 Å². The van der Waals surface area contributed by atoms with Crippen LogP contribution in [0.2, 0.25) is 0 Å². The summed E-state index contributed by atoms with van der Waals surface area (Å²) in [6.07, 6.45) is 2.54. The normalized spacial score (nSPS) is 16.6. The van der Waals surface area contributed by atoms with Gasteiger partial charge in [0.2, 0.25) is 5.91 Å². The number of hydrogen-bond acceptors (Lipinski definition) is 3. The molecule has 0 aromatic rings. The van der Waals surface area contributed by atoms with E-state index in [9.17, 15) is 4.79 Å². The third kappa shape index (κ3) is 4.10. The summed E-state index contributed by atoms with van der Waals surface area (Å²) in [7, 11) is 0. The first-order valence-electron chi connectivity index (χ1n) is 6.21. The number of amides is 1. The van der Waals surface area contributed by atoms with Crippen LogP contribution in [-0.2, 0) is 4.79 Å². The second kappa shape index (κ2) is 5.64. The molecule has 4 heteroatoms. The van der Waals surface area contributed by atoms with Crippen molar-refractivity contribution < 1.29 is 4.79 Å². The smallest absolute Gasteiger partial charge is 0.234 e. The molecule has 3 N–H and O–H groups in total. The first-order chi connectivity index (χ1) is 7.49. The van der Waals surface area contributed by atoms with E-state index < -0.39 is 0 Å². The van der Waals surface area contributed by atoms with Crippen LogP contribution in [0, 0.1) is 5.92 Å². The van der Waals surface area contributed by atoms with Crippen LogP contribution in [0.3, 0.4) is 0 Å². The van der Waals surface area contributed by atoms with Crippen LogP contribution in [0.1, 0.15) is 33.6 Å². The van der Waals surface area contributed by atoms with Crippen LogP contribution in [0.15, 0.2) is 0 Å². The average Bonchev–Trinajstić information content (AvgIpc) is 3.06. The molecule has 1 rings (SSSR count). The van der Waals surface area contributed by atoms with E-state index in [1.807, 2.05) is 0 Å². The van der Waals surface area contributed by atoms with E-state index in [0.29, 0.717) is 13.1 Å². The van der Waals surface area contributed by atoms with E-state index in [4.69, 9.17) is 5.73 Å². The first kappa shape index (κ1) is 13.5. The Kier molecular flexibility index (Phi) is 4.74. The van der Waals surface area contributed by atoms with Gasteiger partial charge in [-0.05, 0) is 39.2 Å². The van der Waals surface area contributed by atoms with Crippen LogP contribution in [0.4, 0.5) is 0 Å². The highest BCUT2D eigenvalue weighted by Gasteiger charge is 2.26. The Morgan fingerprint density at radius 1 is 1.50 bits per heavy atom. The highest BCUT2D eigenvalue weighted by Crippen LogP contribution is 2.27. The molecule has 0 atom stereocenters. The van der Waals surface area contributed by atoms with Crippen molar-refractivity contribution in [2.75, 3.05) is 26.2 Å². The lowest BCUT2D eigenvalue weighted by Gasteiger charge is -2.36. The Balaban J connectivity index is 2.32. The maximum absolute atomic E-state index is 11.7. The van der Waals surface area contributed by atoms with E-state index in [0.717, 1.165) is 19.0 Å². The molecule has 1 amide bonds. The quantitative estimate of drug-likeness (QED) is 0.668. The summed E-state index contributed by atoms with van der Waals surface area (Å²) < 4.78 is 0. The topological polar surface area (TPSA) is 58.4 Å². The molecular weight excluding hydrogens is 202 g/mol. The first-order valence-corrected chi connectivity index (χ1v) is 6.21. The molecule has 0 unspecified atom stereocenters. The van der Waals surface area contributed by atoms with Gasteiger partial charge in [-0.15, -0.1) is 0 Å². The lowest BCUT2D eigenvalue weighted by molar-refractivity contribution is -0.123. The fraction of sp³-hybridized carbons (Fsp3) is 0.917. The summed E-state index contributed by atoms with van der Waals surface area (Å²) in [6, 6.07) is 0. The molecule has 4 nitrogen and oxygen atoms in total. The Morgan fingerprint density at radius 2 is 2.12 bits per heavy atom. The molecular formula is C12H25N3O. The lowest BCUT2D eigenvalue weighted by Crippen LogP contribution is -2.52. The molecule has 0 aromatic heterocycles. The van der Waals surface area contributed by atoms with Gasteiger partial charge in [-0.3, -0.25) is 9.69 Å². The molecule has 1 aliphatic rings. The Hall–Kier alpha value is -0.610. The molecule has 0 heterocycles. The second-order valence-electron chi connectivity index (χ2n) is 5.28. The van der Waals surface area contributed by atoms with Crippen molar-refractivity contribution in [2.24, 2.45) is 11.7 Å². The highest BCUT2D eigenvalue weighted by atomic mass is 16.2. The Labute approximate surface area is 98.6 Å². The van der Waals surface area contributed by atoms with Crippen LogP contribution in [0.25, 0.3) is 0 Å². The largest absolute Gasteiger partial charge is 0.355 e. The number of nitrogens with two attached hydrogens (primary N) is 1. The van der Waals surface area contributed by atoms with E-state index in [2.05, 4.69) is 31.0 Å². The molecule has 16 heavy (non-hydrogen) atoms. The highest BCUT2D eigenvalue weighted by molar-refractivity contribution is 5.78. The summed E-state index contributed by atoms with van der Waals surface area (Å²) >= 11 is 0. The number of carbonyl (C=O) groups is 1. The zero-order valence-corrected chi connectivity index (χ0v) is 10.8. The maximum atomic E-state index is 11.7. The second-order valence-corrected chi connectivity index (χ2v) is 5.28. The predicted molar refractivity (Wildman–Crippen MR) is 66.1 cm³/mol. The summed E-state index contributed by atoms with van der Waals surface area (Å²) in [4.78, 5) is 13.8. The monoisotopic (exact) mass is 227 g/mol. The molecule has 0 aromatic carbocycles. The van der Waals surface area contributed by atoms with Gasteiger partial charge in [0.15, 0.2) is 0 Å². The summed E-state index contributed by atoms with van der Waals surface area (Å²) in [6.45, 7) is 8.92. The molecule has 94 valence electrons. The molecule has 0 radical (unpaired) electrons. The van der Waals surface area contributed by atoms with Gasteiger partial charge in [0.1, 0.15) is 0 Å². The minimum absolute atomic E-state index is 0.105. The van der Waals surface area contributed by atoms with Crippen molar-refractivity contribution in [1.82, 2.24) is 10.2 Å². The van der Waals surface area contributed by atoms with E-state index in [1.165, 1.54) is 12.8 Å². The maximum Gasteiger partial charge on any atom is 0.234 e. The number of nitrogens with one attached hydrogen (secondary N) is 1. The van der Waals surface area contributed by atoms with Gasteiger partial charge in [-0.2, -0.15) is 0 Å². The molecule has 0 aliphatic heterocycles. The zero-order chi connectivity index (χ0) is 12.2. The third-order valence-corrected chi connectivity index (χ3v) is 3.36. The summed E-state index contributed by atoms with van der Waals surface area (Å²) in [5.41, 5.74) is 5.61. The molecule has 0 spiro atoms. The number of hydrogen-bond donors (Lipinski definition) is 2. The van der Waals surface area contributed by atoms with Gasteiger partial charge in [0.25, 0.3) is 0 Å². The van der Waals surface area contributed by atoms with Crippen LogP contribution >= 0.6 is 0 Å². The molecule has 1 aliphatic carbocycles. The van der Waals surface area contributed by atoms with Gasteiger partial charge >= 0.3 is 0 Å². The van der Waals surface area contributed by atoms with Crippen molar-refractivity contribution in [1.29, 1.82) is 0 Å². The fourth-order valence-corrected chi connectivity index (χ4v) is 1.69. The number of likely N-dealkylation sites (N-methyl/N-ethyl adjacent to an activating group) is 1. The van der Waals surface area contributed by atoms with Gasteiger partial charge in [-0.25, -0.2) is 0 Å². The van der Waals surface area contributed by atoms with Gasteiger partial charge < -0.3 is 11.1 Å². The van der Waals surface area contributed by atoms with Crippen LogP contribution in [-0.4, -0.2) is 42.5 Å². The summed E-state index contributed by atoms with van der Waals surface area (Å²) in [5, 5.41) is 2.98. The van der Waals surface area contributed by atoms with Crippen LogP contribution in [0.5, 0.6) is 0 Å². The van der Waals surface area contributed by atoms with Gasteiger partial charge in [-0.1, -0.05) is 6.92 Å². The molecule has 1 fully saturated rings. The third-order valence-electron chi connectivity index (χ3n) is 3.36. The summed E-state index contributed by atoms with van der Waals surface area (Å²) in [5.74, 6) is 0.858. The van der Waals surface area contributed by atoms with Crippen molar-refractivity contribution in [3.8, 4) is 0 Å². The average molecular weight is 227 g/mol. The van der Waals surface area contributed by atoms with Crippen molar-refractivity contribution in [3.63, 3.8) is 0 Å². The van der Waals surface area contributed by atoms with Gasteiger partial charge in [0.05, 0.1) is 6.54 Å². The number of nitrogens with zero attached hydrogens (tertiary/aromatic N) is 1. The van der Waals surface area contributed by atoms with Crippen molar-refractivity contribution in [3.05, 3.63) is 0 Å². The van der Waals surface area contributed by atoms with Crippen molar-refractivity contribution >= 4 is 5.91 Å². The standard InChI is InChI=1S/C12H25N3O/c1-4-15(12(2,3)9-13)8-11(16)14-7-10-5-6-10/h10H,4-9,13H2,1-3H3,(H,14,16). The fourth-order valence-electron chi connectivity index (χ4n) is 1.69. The van der Waals surface area contributed by atoms with Crippen LogP contribution < -0.4 is 11.1 Å². The number of carbonyl (C=O) groups excluding carboxylic acids is 1. The van der Waals surface area contributed by atoms with Crippen molar-refractivity contribution in [2.45, 2.75) is 39.2 Å². The minimum atomic E-state index is -0.105. The Bertz CT molecular complexity index is 236. The number of rotatable bonds is 7. The molecule has 0 bridgehead atoms. The molecule has 1 saturated carbocycles. The minimum Gasteiger partial charge on any atom is -0.355 e.